The van der Waals surface area contributed by atoms with Crippen LogP contribution >= 0.6 is 23.4 Å². The maximum Gasteiger partial charge on any atom is 0.0900 e. The Hall–Kier alpha value is -0.260. The van der Waals surface area contributed by atoms with Crippen molar-refractivity contribution in [2.75, 3.05) is 37.7 Å². The summed E-state index contributed by atoms with van der Waals surface area (Å²) in [4.78, 5) is 2.30. The molecule has 3 nitrogen and oxygen atoms in total. The van der Waals surface area contributed by atoms with E-state index in [0.29, 0.717) is 19.8 Å². The number of hydrogen-bond donors (Lipinski definition) is 1. The first-order valence-electron chi connectivity index (χ1n) is 6.54. The molecule has 0 aromatic heterocycles. The minimum atomic E-state index is -0.407. The molecule has 1 heterocycles. The Bertz CT molecular complexity index is 368. The van der Waals surface area contributed by atoms with Crippen molar-refractivity contribution in [2.24, 2.45) is 0 Å². The van der Waals surface area contributed by atoms with Crippen LogP contribution < -0.4 is 0 Å². The number of rotatable bonds is 6. The van der Waals surface area contributed by atoms with Crippen molar-refractivity contribution >= 4 is 23.4 Å². The monoisotopic (exact) mass is 301 g/mol. The highest BCUT2D eigenvalue weighted by atomic mass is 35.5. The van der Waals surface area contributed by atoms with Crippen molar-refractivity contribution < 1.29 is 9.84 Å². The highest BCUT2D eigenvalue weighted by molar-refractivity contribution is 7.99. The fraction of sp³-hybridized carbons (Fsp3) is 0.571. The van der Waals surface area contributed by atoms with Gasteiger partial charge in [0.05, 0.1) is 19.3 Å². The molecule has 0 amide bonds. The molecule has 1 aromatic rings. The van der Waals surface area contributed by atoms with Crippen molar-refractivity contribution in [3.05, 3.63) is 34.9 Å². The molecule has 1 fully saturated rings. The van der Waals surface area contributed by atoms with E-state index in [-0.39, 0.29) is 0 Å². The van der Waals surface area contributed by atoms with Gasteiger partial charge in [0.15, 0.2) is 0 Å². The fourth-order valence-electron chi connectivity index (χ4n) is 2.03. The van der Waals surface area contributed by atoms with Gasteiger partial charge < -0.3 is 9.84 Å². The van der Waals surface area contributed by atoms with Gasteiger partial charge in [-0.15, -0.1) is 0 Å². The zero-order chi connectivity index (χ0) is 13.5. The lowest BCUT2D eigenvalue weighted by atomic mass is 10.2. The van der Waals surface area contributed by atoms with Gasteiger partial charge in [-0.05, 0) is 17.7 Å². The average Bonchev–Trinajstić information content (AvgIpc) is 2.42. The van der Waals surface area contributed by atoms with Crippen LogP contribution in [0.15, 0.2) is 24.3 Å². The summed E-state index contributed by atoms with van der Waals surface area (Å²) in [5, 5.41) is 10.7. The lowest BCUT2D eigenvalue weighted by Gasteiger charge is -2.28. The van der Waals surface area contributed by atoms with Crippen LogP contribution in [0.4, 0.5) is 0 Å². The molecule has 0 radical (unpaired) electrons. The summed E-state index contributed by atoms with van der Waals surface area (Å²) in [6.07, 6.45) is -0.407. The Kier molecular flexibility index (Phi) is 6.47. The smallest absolute Gasteiger partial charge is 0.0900 e. The molecular weight excluding hydrogens is 282 g/mol. The molecule has 1 saturated heterocycles. The molecule has 2 rings (SSSR count). The van der Waals surface area contributed by atoms with Gasteiger partial charge in [0.1, 0.15) is 0 Å². The molecule has 1 N–H and O–H groups in total. The number of benzene rings is 1. The molecule has 106 valence electrons. The van der Waals surface area contributed by atoms with Gasteiger partial charge in [-0.2, -0.15) is 11.8 Å². The Morgan fingerprint density at radius 1 is 1.26 bits per heavy atom. The summed E-state index contributed by atoms with van der Waals surface area (Å²) in [5.41, 5.74) is 1.07. The summed E-state index contributed by atoms with van der Waals surface area (Å²) in [6, 6.07) is 7.58. The normalized spacial score (nSPS) is 18.4. The van der Waals surface area contributed by atoms with E-state index in [2.05, 4.69) is 4.90 Å². The summed E-state index contributed by atoms with van der Waals surface area (Å²) in [6.45, 7) is 3.75. The minimum Gasteiger partial charge on any atom is -0.389 e. The number of aliphatic hydroxyl groups is 1. The Morgan fingerprint density at radius 3 is 2.63 bits per heavy atom. The molecule has 1 unspecified atom stereocenters. The van der Waals surface area contributed by atoms with Crippen molar-refractivity contribution in [3.63, 3.8) is 0 Å². The minimum absolute atomic E-state index is 0.381. The van der Waals surface area contributed by atoms with Crippen LogP contribution in [0.25, 0.3) is 0 Å². The second kappa shape index (κ2) is 8.12. The summed E-state index contributed by atoms with van der Waals surface area (Å²) >= 11 is 7.79. The number of β-amino-alcohol motifs (C(OH)–C–C–N with tert-alkyl or cyclic N) is 1. The fourth-order valence-corrected chi connectivity index (χ4v) is 3.13. The summed E-state index contributed by atoms with van der Waals surface area (Å²) in [5.74, 6) is 2.33. The second-order valence-corrected chi connectivity index (χ2v) is 6.37. The Labute approximate surface area is 123 Å². The molecule has 1 aliphatic heterocycles. The van der Waals surface area contributed by atoms with E-state index < -0.39 is 6.10 Å². The predicted molar refractivity (Wildman–Crippen MR) is 80.9 cm³/mol. The number of hydrogen-bond acceptors (Lipinski definition) is 4. The summed E-state index contributed by atoms with van der Waals surface area (Å²) in [7, 11) is 0. The van der Waals surface area contributed by atoms with E-state index >= 15 is 0 Å². The van der Waals surface area contributed by atoms with E-state index in [1.165, 1.54) is 11.5 Å². The van der Waals surface area contributed by atoms with Crippen molar-refractivity contribution in [1.29, 1.82) is 0 Å². The Morgan fingerprint density at radius 2 is 1.95 bits per heavy atom. The van der Waals surface area contributed by atoms with Gasteiger partial charge in [0.25, 0.3) is 0 Å². The van der Waals surface area contributed by atoms with Gasteiger partial charge in [-0.3, -0.25) is 4.90 Å². The Balaban J connectivity index is 1.63. The average molecular weight is 302 g/mol. The second-order valence-electron chi connectivity index (χ2n) is 4.71. The first-order chi connectivity index (χ1) is 9.24. The number of nitrogens with zero attached hydrogens (tertiary/aromatic N) is 1. The van der Waals surface area contributed by atoms with Crippen LogP contribution in [0.1, 0.15) is 5.56 Å². The van der Waals surface area contributed by atoms with Gasteiger partial charge in [0.2, 0.25) is 0 Å². The van der Waals surface area contributed by atoms with E-state index in [0.717, 1.165) is 23.7 Å². The number of halogens is 1. The lowest BCUT2D eigenvalue weighted by molar-refractivity contribution is 0.0114. The number of aliphatic hydroxyl groups excluding tert-OH is 1. The maximum atomic E-state index is 9.93. The van der Waals surface area contributed by atoms with E-state index in [1.54, 1.807) is 0 Å². The van der Waals surface area contributed by atoms with Crippen molar-refractivity contribution in [2.45, 2.75) is 12.7 Å². The van der Waals surface area contributed by atoms with Gasteiger partial charge in [-0.25, -0.2) is 0 Å². The zero-order valence-electron chi connectivity index (χ0n) is 10.9. The van der Waals surface area contributed by atoms with Crippen LogP contribution in [-0.4, -0.2) is 53.9 Å². The van der Waals surface area contributed by atoms with Crippen LogP contribution in [0.3, 0.4) is 0 Å². The quantitative estimate of drug-likeness (QED) is 0.874. The third-order valence-corrected chi connectivity index (χ3v) is 4.26. The summed E-state index contributed by atoms with van der Waals surface area (Å²) < 4.78 is 5.54. The molecule has 1 aliphatic rings. The highest BCUT2D eigenvalue weighted by Gasteiger charge is 2.14. The number of ether oxygens (including phenoxy) is 1. The standard InChI is InChI=1S/C14H20ClNO2S/c15-13-3-1-12(2-4-13)10-18-11-14(17)9-16-5-7-19-8-6-16/h1-4,14,17H,5-11H2. The first-order valence-corrected chi connectivity index (χ1v) is 8.07. The van der Waals surface area contributed by atoms with E-state index in [4.69, 9.17) is 16.3 Å². The predicted octanol–water partition coefficient (Wildman–Crippen LogP) is 2.27. The topological polar surface area (TPSA) is 32.7 Å². The van der Waals surface area contributed by atoms with Crippen LogP contribution in [0, 0.1) is 0 Å². The van der Waals surface area contributed by atoms with E-state index in [9.17, 15) is 5.11 Å². The molecule has 1 aromatic carbocycles. The molecule has 0 saturated carbocycles. The largest absolute Gasteiger partial charge is 0.389 e. The molecule has 0 bridgehead atoms. The third kappa shape index (κ3) is 5.71. The SMILES string of the molecule is OC(COCc1ccc(Cl)cc1)CN1CCSCC1. The van der Waals surface area contributed by atoms with Crippen LogP contribution in [-0.2, 0) is 11.3 Å². The van der Waals surface area contributed by atoms with Crippen molar-refractivity contribution in [3.8, 4) is 0 Å². The van der Waals surface area contributed by atoms with Crippen LogP contribution in [0.2, 0.25) is 5.02 Å². The molecule has 5 heteroatoms. The van der Waals surface area contributed by atoms with E-state index in [1.807, 2.05) is 36.0 Å². The van der Waals surface area contributed by atoms with Crippen molar-refractivity contribution in [1.82, 2.24) is 4.90 Å². The first kappa shape index (κ1) is 15.1. The molecule has 0 spiro atoms. The molecule has 1 atom stereocenters. The van der Waals surface area contributed by atoms with Gasteiger partial charge >= 0.3 is 0 Å². The molecular formula is C14H20ClNO2S. The van der Waals surface area contributed by atoms with Crippen LogP contribution in [0.5, 0.6) is 0 Å². The van der Waals surface area contributed by atoms with Gasteiger partial charge in [-0.1, -0.05) is 23.7 Å². The lowest BCUT2D eigenvalue weighted by Crippen LogP contribution is -2.39. The zero-order valence-corrected chi connectivity index (χ0v) is 12.5. The molecule has 0 aliphatic carbocycles. The third-order valence-electron chi connectivity index (χ3n) is 3.06. The maximum absolute atomic E-state index is 9.93. The highest BCUT2D eigenvalue weighted by Crippen LogP contribution is 2.11. The van der Waals surface area contributed by atoms with Gasteiger partial charge in [0, 0.05) is 36.2 Å². The molecule has 19 heavy (non-hydrogen) atoms. The number of thioether (sulfide) groups is 1.